The highest BCUT2D eigenvalue weighted by atomic mass is 16.6. The van der Waals surface area contributed by atoms with Crippen molar-refractivity contribution in [3.63, 3.8) is 0 Å². The van der Waals surface area contributed by atoms with E-state index in [4.69, 9.17) is 0 Å². The van der Waals surface area contributed by atoms with E-state index in [1.165, 1.54) is 18.2 Å². The molecule has 0 aliphatic carbocycles. The summed E-state index contributed by atoms with van der Waals surface area (Å²) in [5, 5.41) is 22.0. The monoisotopic (exact) mass is 444 g/mol. The number of nitro groups is 1. The quantitative estimate of drug-likeness (QED) is 0.292. The molecule has 1 aliphatic rings. The van der Waals surface area contributed by atoms with Crippen LogP contribution in [0.2, 0.25) is 0 Å². The molecule has 2 aromatic heterocycles. The number of amides is 3. The fourth-order valence-corrected chi connectivity index (χ4v) is 4.43. The Morgan fingerprint density at radius 1 is 0.879 bits per heavy atom. The lowest BCUT2D eigenvalue weighted by Crippen LogP contribution is -2.36. The number of carbonyl (C=O) groups excluding carboxylic acids is 2. The van der Waals surface area contributed by atoms with Gasteiger partial charge in [-0.25, -0.2) is 4.79 Å². The molecule has 0 atom stereocenters. The lowest BCUT2D eigenvalue weighted by molar-refractivity contribution is -0.384. The first-order valence-corrected chi connectivity index (χ1v) is 9.85. The number of fused-ring (bicyclic) bond motifs is 2. The standard InChI is InChI=1S/C23H16N4O6/c1-24-10-15(13-5-3-4-6-17(13)24)19-20(22(29)26(21(19)28)23(30)31)16-11-25(2)18-9-12(27(32)33)7-8-14(16)18/h3-11H,1-2H3,(H,30,31). The van der Waals surface area contributed by atoms with Crippen LogP contribution in [-0.2, 0) is 23.7 Å². The number of aryl methyl sites for hydroxylation is 2. The topological polar surface area (TPSA) is 128 Å². The first-order chi connectivity index (χ1) is 15.7. The molecule has 0 saturated carbocycles. The fraction of sp³-hybridized carbons (Fsp3) is 0.0870. The van der Waals surface area contributed by atoms with Crippen molar-refractivity contribution in [3.8, 4) is 0 Å². The second-order valence-corrected chi connectivity index (χ2v) is 7.76. The SMILES string of the molecule is Cn1cc(C2=C(c3cn(C)c4cc([N+](=O)[O-])ccc34)C(=O)N(C(=O)O)C2=O)c2ccccc21. The van der Waals surface area contributed by atoms with Gasteiger partial charge in [-0.15, -0.1) is 0 Å². The van der Waals surface area contributed by atoms with Crippen LogP contribution < -0.4 is 0 Å². The van der Waals surface area contributed by atoms with Crippen LogP contribution in [0.1, 0.15) is 11.1 Å². The van der Waals surface area contributed by atoms with E-state index < -0.39 is 22.8 Å². The molecule has 5 rings (SSSR count). The average molecular weight is 444 g/mol. The third-order valence-electron chi connectivity index (χ3n) is 5.90. The lowest BCUT2D eigenvalue weighted by Gasteiger charge is -2.07. The van der Waals surface area contributed by atoms with Crippen molar-refractivity contribution in [3.05, 3.63) is 76.1 Å². The van der Waals surface area contributed by atoms with E-state index in [1.54, 1.807) is 47.8 Å². The molecule has 2 aromatic carbocycles. The fourth-order valence-electron chi connectivity index (χ4n) is 4.43. The second-order valence-electron chi connectivity index (χ2n) is 7.76. The average Bonchev–Trinajstić information content (AvgIpc) is 3.37. The maximum Gasteiger partial charge on any atom is 0.421 e. The van der Waals surface area contributed by atoms with E-state index in [-0.39, 0.29) is 21.7 Å². The molecule has 10 heteroatoms. The Morgan fingerprint density at radius 2 is 1.42 bits per heavy atom. The Labute approximate surface area is 185 Å². The van der Waals surface area contributed by atoms with E-state index in [0.29, 0.717) is 27.4 Å². The first kappa shape index (κ1) is 20.2. The molecular weight excluding hydrogens is 428 g/mol. The highest BCUT2D eigenvalue weighted by Gasteiger charge is 2.45. The normalized spacial score (nSPS) is 14.2. The van der Waals surface area contributed by atoms with Gasteiger partial charge in [-0.05, 0) is 12.1 Å². The van der Waals surface area contributed by atoms with Crippen molar-refractivity contribution in [2.24, 2.45) is 14.1 Å². The van der Waals surface area contributed by atoms with E-state index in [2.05, 4.69) is 0 Å². The molecule has 164 valence electrons. The van der Waals surface area contributed by atoms with Gasteiger partial charge in [0.15, 0.2) is 0 Å². The van der Waals surface area contributed by atoms with E-state index in [0.717, 1.165) is 5.52 Å². The maximum atomic E-state index is 13.3. The number of non-ortho nitro benzene ring substituents is 1. The van der Waals surface area contributed by atoms with Gasteiger partial charge in [-0.1, -0.05) is 18.2 Å². The van der Waals surface area contributed by atoms with Gasteiger partial charge in [0.05, 0.1) is 21.6 Å². The minimum Gasteiger partial charge on any atom is -0.464 e. The van der Waals surface area contributed by atoms with Crippen molar-refractivity contribution in [2.75, 3.05) is 0 Å². The van der Waals surface area contributed by atoms with Crippen molar-refractivity contribution in [2.45, 2.75) is 0 Å². The Morgan fingerprint density at radius 3 is 2.00 bits per heavy atom. The second kappa shape index (κ2) is 6.89. The van der Waals surface area contributed by atoms with Crippen molar-refractivity contribution >= 4 is 56.5 Å². The third kappa shape index (κ3) is 2.77. The summed E-state index contributed by atoms with van der Waals surface area (Å²) in [7, 11) is 3.45. The molecule has 4 aromatic rings. The molecule has 33 heavy (non-hydrogen) atoms. The van der Waals surface area contributed by atoms with E-state index >= 15 is 0 Å². The minimum absolute atomic E-state index is 0.0231. The van der Waals surface area contributed by atoms with Gasteiger partial charge in [0.1, 0.15) is 0 Å². The Kier molecular flexibility index (Phi) is 4.21. The summed E-state index contributed by atoms with van der Waals surface area (Å²) >= 11 is 0. The number of nitrogens with zero attached hydrogens (tertiary/aromatic N) is 4. The molecule has 3 heterocycles. The van der Waals surface area contributed by atoms with Crippen LogP contribution in [-0.4, -0.2) is 42.0 Å². The number of imide groups is 3. The van der Waals surface area contributed by atoms with Crippen LogP contribution in [0.15, 0.2) is 54.9 Å². The molecule has 1 aliphatic heterocycles. The van der Waals surface area contributed by atoms with Gasteiger partial charge in [0.25, 0.3) is 17.5 Å². The van der Waals surface area contributed by atoms with Crippen LogP contribution in [0.4, 0.5) is 10.5 Å². The number of carbonyl (C=O) groups is 3. The zero-order valence-corrected chi connectivity index (χ0v) is 17.5. The van der Waals surface area contributed by atoms with E-state index in [9.17, 15) is 29.6 Å². The maximum absolute atomic E-state index is 13.3. The zero-order chi connectivity index (χ0) is 23.6. The molecule has 0 saturated heterocycles. The highest BCUT2D eigenvalue weighted by molar-refractivity contribution is 6.53. The summed E-state index contributed by atoms with van der Waals surface area (Å²) in [5.41, 5.74) is 1.83. The van der Waals surface area contributed by atoms with Crippen LogP contribution in [0, 0.1) is 10.1 Å². The molecule has 10 nitrogen and oxygen atoms in total. The summed E-state index contributed by atoms with van der Waals surface area (Å²) < 4.78 is 3.40. The van der Waals surface area contributed by atoms with E-state index in [1.807, 2.05) is 12.1 Å². The Balaban J connectivity index is 1.86. The number of para-hydroxylation sites is 1. The molecule has 0 radical (unpaired) electrons. The Hall–Kier alpha value is -4.73. The number of aromatic nitrogens is 2. The van der Waals surface area contributed by atoms with Crippen LogP contribution in [0.25, 0.3) is 33.0 Å². The highest BCUT2D eigenvalue weighted by Crippen LogP contribution is 2.41. The number of nitro benzene ring substituents is 1. The van der Waals surface area contributed by atoms with Gasteiger partial charge in [0, 0.05) is 66.0 Å². The third-order valence-corrected chi connectivity index (χ3v) is 5.90. The molecule has 0 spiro atoms. The van der Waals surface area contributed by atoms with Gasteiger partial charge < -0.3 is 14.2 Å². The lowest BCUT2D eigenvalue weighted by atomic mass is 9.95. The van der Waals surface area contributed by atoms with Crippen LogP contribution in [0.3, 0.4) is 0 Å². The number of hydrogen-bond donors (Lipinski definition) is 1. The molecule has 1 N–H and O–H groups in total. The van der Waals surface area contributed by atoms with Crippen molar-refractivity contribution in [1.82, 2.24) is 14.0 Å². The van der Waals surface area contributed by atoms with Gasteiger partial charge in [-0.3, -0.25) is 19.7 Å². The molecular formula is C23H16N4O6. The summed E-state index contributed by atoms with van der Waals surface area (Å²) in [6, 6.07) is 11.4. The predicted molar refractivity (Wildman–Crippen MR) is 119 cm³/mol. The number of carboxylic acid groups (broad SMARTS) is 1. The molecule has 0 unspecified atom stereocenters. The van der Waals surface area contributed by atoms with Crippen LogP contribution >= 0.6 is 0 Å². The van der Waals surface area contributed by atoms with Crippen molar-refractivity contribution < 1.29 is 24.4 Å². The number of benzene rings is 2. The van der Waals surface area contributed by atoms with Gasteiger partial charge in [0.2, 0.25) is 0 Å². The summed E-state index contributed by atoms with van der Waals surface area (Å²) in [6.45, 7) is 0. The van der Waals surface area contributed by atoms with Crippen molar-refractivity contribution in [1.29, 1.82) is 0 Å². The molecule has 0 bridgehead atoms. The number of rotatable bonds is 3. The Bertz CT molecular complexity index is 1590. The van der Waals surface area contributed by atoms with Crippen LogP contribution in [0.5, 0.6) is 0 Å². The zero-order valence-electron chi connectivity index (χ0n) is 17.5. The van der Waals surface area contributed by atoms with Gasteiger partial charge >= 0.3 is 6.09 Å². The summed E-state index contributed by atoms with van der Waals surface area (Å²) in [6.07, 6.45) is 1.59. The smallest absolute Gasteiger partial charge is 0.421 e. The summed E-state index contributed by atoms with van der Waals surface area (Å²) in [4.78, 5) is 49.2. The minimum atomic E-state index is -1.67. The largest absolute Gasteiger partial charge is 0.464 e. The summed E-state index contributed by atoms with van der Waals surface area (Å²) in [5.74, 6) is -1.89. The molecule has 3 amide bonds. The molecule has 0 fully saturated rings. The number of hydrogen-bond acceptors (Lipinski definition) is 5. The first-order valence-electron chi connectivity index (χ1n) is 9.85. The van der Waals surface area contributed by atoms with Gasteiger partial charge in [-0.2, -0.15) is 4.90 Å². The predicted octanol–water partition coefficient (Wildman–Crippen LogP) is 3.54.